The van der Waals surface area contributed by atoms with Crippen LogP contribution in [0.5, 0.6) is 0 Å². The minimum absolute atomic E-state index is 0.0577. The summed E-state index contributed by atoms with van der Waals surface area (Å²) in [5, 5.41) is 0. The summed E-state index contributed by atoms with van der Waals surface area (Å²) in [7, 11) is 3.95. The molecule has 2 N–H and O–H groups in total. The Hall–Kier alpha value is -3.39. The molecular weight excluding hydrogens is 406 g/mol. The summed E-state index contributed by atoms with van der Waals surface area (Å²) in [4.78, 5) is 33.8. The van der Waals surface area contributed by atoms with Gasteiger partial charge in [0.15, 0.2) is 0 Å². The van der Waals surface area contributed by atoms with Crippen molar-refractivity contribution < 1.29 is 14.3 Å². The molecule has 8 heteroatoms. The SMILES string of the molecule is Cc1cc(-c2ccncc2N2CCN(C(=O)/C=C/CN(C)C)CC2)ccc1COC(N)=O. The van der Waals surface area contributed by atoms with Crippen molar-refractivity contribution in [3.05, 3.63) is 59.9 Å². The summed E-state index contributed by atoms with van der Waals surface area (Å²) in [5.41, 5.74) is 10.2. The first-order chi connectivity index (χ1) is 15.3. The fourth-order valence-corrected chi connectivity index (χ4v) is 3.69. The van der Waals surface area contributed by atoms with E-state index in [0.717, 1.165) is 47.6 Å². The molecule has 0 radical (unpaired) electrons. The number of ether oxygens (including phenoxy) is 1. The molecule has 2 aromatic rings. The lowest BCUT2D eigenvalue weighted by Crippen LogP contribution is -2.48. The van der Waals surface area contributed by atoms with Crippen molar-refractivity contribution in [3.8, 4) is 11.1 Å². The van der Waals surface area contributed by atoms with Crippen LogP contribution >= 0.6 is 0 Å². The molecule has 32 heavy (non-hydrogen) atoms. The second-order valence-electron chi connectivity index (χ2n) is 8.12. The number of amides is 2. The fraction of sp³-hybridized carbons (Fsp3) is 0.375. The number of piperazine rings is 1. The van der Waals surface area contributed by atoms with E-state index >= 15 is 0 Å². The van der Waals surface area contributed by atoms with Gasteiger partial charge in [0.1, 0.15) is 6.61 Å². The number of primary amides is 1. The molecule has 0 spiro atoms. The Bertz CT molecular complexity index is 981. The fourth-order valence-electron chi connectivity index (χ4n) is 3.69. The van der Waals surface area contributed by atoms with Gasteiger partial charge >= 0.3 is 6.09 Å². The van der Waals surface area contributed by atoms with Crippen LogP contribution in [0.4, 0.5) is 10.5 Å². The zero-order valence-electron chi connectivity index (χ0n) is 19.0. The lowest BCUT2D eigenvalue weighted by atomic mass is 9.99. The maximum atomic E-state index is 12.4. The summed E-state index contributed by atoms with van der Waals surface area (Å²) in [6.45, 7) is 5.72. The monoisotopic (exact) mass is 437 g/mol. The number of aromatic nitrogens is 1. The highest BCUT2D eigenvalue weighted by Gasteiger charge is 2.22. The van der Waals surface area contributed by atoms with Gasteiger partial charge in [-0.25, -0.2) is 4.79 Å². The molecule has 0 saturated carbocycles. The molecule has 1 aliphatic heterocycles. The minimum atomic E-state index is -0.782. The van der Waals surface area contributed by atoms with Crippen LogP contribution in [0, 0.1) is 6.92 Å². The topological polar surface area (TPSA) is 92.0 Å². The molecule has 1 aromatic carbocycles. The zero-order valence-corrected chi connectivity index (χ0v) is 19.0. The number of aryl methyl sites for hydroxylation is 1. The highest BCUT2D eigenvalue weighted by Crippen LogP contribution is 2.32. The van der Waals surface area contributed by atoms with Crippen molar-refractivity contribution in [2.24, 2.45) is 5.73 Å². The molecule has 1 fully saturated rings. The molecule has 1 aliphatic rings. The smallest absolute Gasteiger partial charge is 0.404 e. The van der Waals surface area contributed by atoms with Crippen molar-refractivity contribution >= 4 is 17.7 Å². The molecule has 170 valence electrons. The lowest BCUT2D eigenvalue weighted by molar-refractivity contribution is -0.126. The van der Waals surface area contributed by atoms with Crippen LogP contribution in [0.2, 0.25) is 0 Å². The van der Waals surface area contributed by atoms with Crippen LogP contribution in [0.1, 0.15) is 11.1 Å². The first kappa shape index (κ1) is 23.3. The number of hydrogen-bond donors (Lipinski definition) is 1. The third kappa shape index (κ3) is 6.07. The number of carbonyl (C=O) groups is 2. The van der Waals surface area contributed by atoms with Gasteiger partial charge < -0.3 is 25.2 Å². The minimum Gasteiger partial charge on any atom is -0.445 e. The average Bonchev–Trinajstić information content (AvgIpc) is 2.78. The van der Waals surface area contributed by atoms with Crippen molar-refractivity contribution in [1.82, 2.24) is 14.8 Å². The van der Waals surface area contributed by atoms with Gasteiger partial charge in [0.2, 0.25) is 5.91 Å². The summed E-state index contributed by atoms with van der Waals surface area (Å²) in [6, 6.07) is 8.05. The normalized spacial score (nSPS) is 14.2. The van der Waals surface area contributed by atoms with E-state index in [2.05, 4.69) is 16.0 Å². The summed E-state index contributed by atoms with van der Waals surface area (Å²) < 4.78 is 4.92. The van der Waals surface area contributed by atoms with Crippen molar-refractivity contribution in [1.29, 1.82) is 0 Å². The van der Waals surface area contributed by atoms with E-state index in [9.17, 15) is 9.59 Å². The number of anilines is 1. The molecular formula is C24H31N5O3. The molecule has 0 aliphatic carbocycles. The van der Waals surface area contributed by atoms with Crippen molar-refractivity contribution in [2.45, 2.75) is 13.5 Å². The quantitative estimate of drug-likeness (QED) is 0.669. The van der Waals surface area contributed by atoms with E-state index in [1.165, 1.54) is 0 Å². The molecule has 3 rings (SSSR count). The Morgan fingerprint density at radius 1 is 1.19 bits per heavy atom. The summed E-state index contributed by atoms with van der Waals surface area (Å²) in [6.07, 6.45) is 6.44. The van der Waals surface area contributed by atoms with Crippen molar-refractivity contribution in [2.75, 3.05) is 51.7 Å². The predicted octanol–water partition coefficient (Wildman–Crippen LogP) is 2.42. The van der Waals surface area contributed by atoms with Crippen LogP contribution < -0.4 is 10.6 Å². The molecule has 2 heterocycles. The Labute approximate surface area is 189 Å². The van der Waals surface area contributed by atoms with Gasteiger partial charge in [-0.3, -0.25) is 9.78 Å². The number of nitrogens with two attached hydrogens (primary N) is 1. The van der Waals surface area contributed by atoms with Crippen LogP contribution in [-0.2, 0) is 16.1 Å². The van der Waals surface area contributed by atoms with Crippen LogP contribution in [0.3, 0.4) is 0 Å². The number of hydrogen-bond acceptors (Lipinski definition) is 6. The van der Waals surface area contributed by atoms with E-state index in [0.29, 0.717) is 13.1 Å². The molecule has 8 nitrogen and oxygen atoms in total. The Morgan fingerprint density at radius 3 is 2.59 bits per heavy atom. The zero-order chi connectivity index (χ0) is 23.1. The standard InChI is InChI=1S/C24H31N5O3/c1-18-15-19(6-7-20(18)17-32-24(25)31)21-8-9-26-16-22(21)28-11-13-29(14-12-28)23(30)5-4-10-27(2)3/h4-9,15-16H,10-14,17H2,1-3H3,(H2,25,31)/b5-4+. The van der Waals surface area contributed by atoms with Gasteiger partial charge in [-0.2, -0.15) is 0 Å². The molecule has 1 saturated heterocycles. The first-order valence-corrected chi connectivity index (χ1v) is 10.7. The van der Waals surface area contributed by atoms with E-state index in [1.54, 1.807) is 12.3 Å². The maximum absolute atomic E-state index is 12.4. The summed E-state index contributed by atoms with van der Waals surface area (Å²) >= 11 is 0. The highest BCUT2D eigenvalue weighted by molar-refractivity contribution is 5.88. The Kier molecular flexibility index (Phi) is 7.83. The van der Waals surface area contributed by atoms with E-state index < -0.39 is 6.09 Å². The average molecular weight is 438 g/mol. The lowest BCUT2D eigenvalue weighted by Gasteiger charge is -2.36. The number of benzene rings is 1. The van der Waals surface area contributed by atoms with E-state index in [1.807, 2.05) is 61.3 Å². The van der Waals surface area contributed by atoms with Crippen LogP contribution in [0.25, 0.3) is 11.1 Å². The molecule has 2 amide bonds. The third-order valence-corrected chi connectivity index (χ3v) is 5.49. The number of nitrogens with zero attached hydrogens (tertiary/aromatic N) is 4. The summed E-state index contributed by atoms with van der Waals surface area (Å²) in [5.74, 6) is 0.0577. The van der Waals surface area contributed by atoms with Crippen LogP contribution in [-0.4, -0.2) is 73.6 Å². The first-order valence-electron chi connectivity index (χ1n) is 10.7. The van der Waals surface area contributed by atoms with Gasteiger partial charge in [0, 0.05) is 50.6 Å². The Balaban J connectivity index is 1.70. The number of rotatable bonds is 7. The molecule has 0 atom stereocenters. The van der Waals surface area contributed by atoms with Gasteiger partial charge in [-0.05, 0) is 43.8 Å². The van der Waals surface area contributed by atoms with Gasteiger partial charge in [0.05, 0.1) is 11.9 Å². The second-order valence-corrected chi connectivity index (χ2v) is 8.12. The number of likely N-dealkylation sites (N-methyl/N-ethyl adjacent to an activating group) is 1. The Morgan fingerprint density at radius 2 is 1.94 bits per heavy atom. The maximum Gasteiger partial charge on any atom is 0.404 e. The third-order valence-electron chi connectivity index (χ3n) is 5.49. The second kappa shape index (κ2) is 10.8. The van der Waals surface area contributed by atoms with Crippen LogP contribution in [0.15, 0.2) is 48.8 Å². The molecule has 0 unspecified atom stereocenters. The largest absolute Gasteiger partial charge is 0.445 e. The molecule has 0 bridgehead atoms. The van der Waals surface area contributed by atoms with Gasteiger partial charge in [-0.15, -0.1) is 0 Å². The van der Waals surface area contributed by atoms with Gasteiger partial charge in [0.25, 0.3) is 0 Å². The number of pyridine rings is 1. The van der Waals surface area contributed by atoms with Gasteiger partial charge in [-0.1, -0.05) is 24.3 Å². The predicted molar refractivity (Wildman–Crippen MR) is 125 cm³/mol. The highest BCUT2D eigenvalue weighted by atomic mass is 16.5. The van der Waals surface area contributed by atoms with E-state index in [-0.39, 0.29) is 12.5 Å². The van der Waals surface area contributed by atoms with E-state index in [4.69, 9.17) is 10.5 Å². The number of carbonyl (C=O) groups excluding carboxylic acids is 2. The van der Waals surface area contributed by atoms with Crippen molar-refractivity contribution in [3.63, 3.8) is 0 Å². The molecule has 1 aromatic heterocycles.